The molecule has 0 aliphatic carbocycles. The van der Waals surface area contributed by atoms with E-state index in [0.717, 1.165) is 30.6 Å². The van der Waals surface area contributed by atoms with Crippen LogP contribution in [0.5, 0.6) is 0 Å². The minimum atomic E-state index is -0.881. The van der Waals surface area contributed by atoms with Crippen molar-refractivity contribution in [2.45, 2.75) is 39.2 Å². The summed E-state index contributed by atoms with van der Waals surface area (Å²) in [5, 5.41) is 0.423. The number of likely N-dealkylation sites (tertiary alicyclic amines) is 1. The van der Waals surface area contributed by atoms with Crippen LogP contribution in [0.3, 0.4) is 0 Å². The number of hydrogen-bond donors (Lipinski definition) is 0. The molecule has 0 spiro atoms. The zero-order valence-corrected chi connectivity index (χ0v) is 19.4. The van der Waals surface area contributed by atoms with Gasteiger partial charge in [-0.25, -0.2) is 9.78 Å². The smallest absolute Gasteiger partial charge is 0.349 e. The Hall–Kier alpha value is -3.00. The van der Waals surface area contributed by atoms with E-state index >= 15 is 0 Å². The van der Waals surface area contributed by atoms with Crippen LogP contribution in [0.15, 0.2) is 41.5 Å². The number of rotatable bonds is 5. The molecule has 1 saturated heterocycles. The number of hydrogen-bond acceptors (Lipinski definition) is 6. The molecule has 7 nitrogen and oxygen atoms in total. The van der Waals surface area contributed by atoms with Crippen molar-refractivity contribution in [3.05, 3.63) is 63.0 Å². The summed E-state index contributed by atoms with van der Waals surface area (Å²) in [5.74, 6) is -0.215. The van der Waals surface area contributed by atoms with Gasteiger partial charge in [-0.2, -0.15) is 0 Å². The zero-order valence-electron chi connectivity index (χ0n) is 18.5. The average molecular weight is 454 g/mol. The van der Waals surface area contributed by atoms with Crippen LogP contribution in [0, 0.1) is 12.8 Å². The standard InChI is InChI=1S/C24H27N3O4S/c1-15-19-21(25-14-26(3)23(19)29)32-20(15)24(30)31-16(2)22(28)27-11-9-18(10-12-27)13-17-7-5-4-6-8-17/h4-8,14,16,18H,9-13H2,1-3H3. The van der Waals surface area contributed by atoms with Crippen molar-refractivity contribution in [3.63, 3.8) is 0 Å². The van der Waals surface area contributed by atoms with Gasteiger partial charge in [0.25, 0.3) is 11.5 Å². The molecule has 0 saturated carbocycles. The number of fused-ring (bicyclic) bond motifs is 1. The van der Waals surface area contributed by atoms with Crippen LogP contribution in [-0.4, -0.2) is 45.5 Å². The van der Waals surface area contributed by atoms with E-state index in [2.05, 4.69) is 29.2 Å². The summed E-state index contributed by atoms with van der Waals surface area (Å²) in [6.45, 7) is 4.65. The van der Waals surface area contributed by atoms with E-state index in [-0.39, 0.29) is 11.5 Å². The van der Waals surface area contributed by atoms with Crippen LogP contribution >= 0.6 is 11.3 Å². The Morgan fingerprint density at radius 1 is 1.22 bits per heavy atom. The third-order valence-electron chi connectivity index (χ3n) is 6.12. The molecule has 1 fully saturated rings. The van der Waals surface area contributed by atoms with E-state index < -0.39 is 12.1 Å². The van der Waals surface area contributed by atoms with Gasteiger partial charge in [0.1, 0.15) is 9.71 Å². The number of carbonyl (C=O) groups is 2. The number of piperidine rings is 1. The number of aryl methyl sites for hydroxylation is 2. The van der Waals surface area contributed by atoms with Gasteiger partial charge in [0, 0.05) is 20.1 Å². The van der Waals surface area contributed by atoms with Crippen LogP contribution < -0.4 is 5.56 Å². The number of ether oxygens (including phenoxy) is 1. The molecule has 1 atom stereocenters. The monoisotopic (exact) mass is 453 g/mol. The van der Waals surface area contributed by atoms with Crippen LogP contribution in [0.25, 0.3) is 10.2 Å². The van der Waals surface area contributed by atoms with Crippen molar-refractivity contribution >= 4 is 33.4 Å². The van der Waals surface area contributed by atoms with Gasteiger partial charge in [-0.1, -0.05) is 30.3 Å². The van der Waals surface area contributed by atoms with Crippen LogP contribution in [0.2, 0.25) is 0 Å². The van der Waals surface area contributed by atoms with E-state index in [1.807, 2.05) is 6.07 Å². The number of esters is 1. The predicted octanol–water partition coefficient (Wildman–Crippen LogP) is 3.33. The van der Waals surface area contributed by atoms with Crippen molar-refractivity contribution in [2.24, 2.45) is 13.0 Å². The van der Waals surface area contributed by atoms with Crippen molar-refractivity contribution in [1.82, 2.24) is 14.5 Å². The normalized spacial score (nSPS) is 15.7. The summed E-state index contributed by atoms with van der Waals surface area (Å²) in [6, 6.07) is 10.4. The molecular weight excluding hydrogens is 426 g/mol. The molecule has 1 amide bonds. The minimum absolute atomic E-state index is 0.177. The lowest BCUT2D eigenvalue weighted by Crippen LogP contribution is -2.44. The summed E-state index contributed by atoms with van der Waals surface area (Å²) in [4.78, 5) is 44.8. The Balaban J connectivity index is 1.36. The molecule has 3 heterocycles. The molecule has 32 heavy (non-hydrogen) atoms. The van der Waals surface area contributed by atoms with Crippen molar-refractivity contribution in [2.75, 3.05) is 13.1 Å². The molecule has 1 aliphatic rings. The van der Waals surface area contributed by atoms with E-state index in [4.69, 9.17) is 4.74 Å². The molecule has 168 valence electrons. The van der Waals surface area contributed by atoms with Crippen LogP contribution in [0.1, 0.15) is 40.6 Å². The highest BCUT2D eigenvalue weighted by Gasteiger charge is 2.29. The van der Waals surface area contributed by atoms with Gasteiger partial charge < -0.3 is 14.2 Å². The summed E-state index contributed by atoms with van der Waals surface area (Å²) >= 11 is 1.12. The van der Waals surface area contributed by atoms with Crippen molar-refractivity contribution in [1.29, 1.82) is 0 Å². The van der Waals surface area contributed by atoms with E-state index in [1.54, 1.807) is 25.8 Å². The van der Waals surface area contributed by atoms with E-state index in [9.17, 15) is 14.4 Å². The summed E-state index contributed by atoms with van der Waals surface area (Å²) < 4.78 is 6.88. The number of aromatic nitrogens is 2. The predicted molar refractivity (Wildman–Crippen MR) is 124 cm³/mol. The van der Waals surface area contributed by atoms with Gasteiger partial charge in [-0.3, -0.25) is 9.59 Å². The van der Waals surface area contributed by atoms with Crippen LogP contribution in [0.4, 0.5) is 0 Å². The Kier molecular flexibility index (Phi) is 6.41. The molecule has 1 aliphatic heterocycles. The van der Waals surface area contributed by atoms with Gasteiger partial charge >= 0.3 is 5.97 Å². The largest absolute Gasteiger partial charge is 0.448 e. The second kappa shape index (κ2) is 9.24. The second-order valence-corrected chi connectivity index (χ2v) is 9.40. The fourth-order valence-electron chi connectivity index (χ4n) is 4.23. The molecule has 0 bridgehead atoms. The maximum absolute atomic E-state index is 12.9. The molecule has 8 heteroatoms. The van der Waals surface area contributed by atoms with Crippen LogP contribution in [-0.2, 0) is 23.0 Å². The highest BCUT2D eigenvalue weighted by atomic mass is 32.1. The molecule has 2 aromatic heterocycles. The number of carbonyl (C=O) groups excluding carboxylic acids is 2. The molecule has 4 rings (SSSR count). The number of thiophene rings is 1. The molecule has 0 N–H and O–H groups in total. The third kappa shape index (κ3) is 4.46. The first-order valence-electron chi connectivity index (χ1n) is 10.8. The minimum Gasteiger partial charge on any atom is -0.448 e. The zero-order chi connectivity index (χ0) is 22.8. The number of nitrogens with zero attached hydrogens (tertiary/aromatic N) is 3. The Labute approximate surface area is 190 Å². The van der Waals surface area contributed by atoms with Gasteiger partial charge in [0.2, 0.25) is 0 Å². The fraction of sp³-hybridized carbons (Fsp3) is 0.417. The van der Waals surface area contributed by atoms with Gasteiger partial charge in [0.15, 0.2) is 6.10 Å². The highest BCUT2D eigenvalue weighted by molar-refractivity contribution is 7.20. The lowest BCUT2D eigenvalue weighted by Gasteiger charge is -2.33. The first kappa shape index (κ1) is 22.2. The van der Waals surface area contributed by atoms with Gasteiger partial charge in [-0.15, -0.1) is 11.3 Å². The number of amides is 1. The summed E-state index contributed by atoms with van der Waals surface area (Å²) in [7, 11) is 1.62. The molecule has 0 radical (unpaired) electrons. The second-order valence-electron chi connectivity index (χ2n) is 8.40. The third-order valence-corrected chi connectivity index (χ3v) is 7.30. The van der Waals surface area contributed by atoms with Gasteiger partial charge in [0.05, 0.1) is 11.7 Å². The summed E-state index contributed by atoms with van der Waals surface area (Å²) in [5.41, 5.74) is 1.66. The lowest BCUT2D eigenvalue weighted by molar-refractivity contribution is -0.141. The maximum atomic E-state index is 12.9. The maximum Gasteiger partial charge on any atom is 0.349 e. The fourth-order valence-corrected chi connectivity index (χ4v) is 5.25. The topological polar surface area (TPSA) is 81.5 Å². The first-order chi connectivity index (χ1) is 15.3. The summed E-state index contributed by atoms with van der Waals surface area (Å²) in [6.07, 6.45) is 3.45. The molecule has 1 aromatic carbocycles. The number of benzene rings is 1. The van der Waals surface area contributed by atoms with Crippen molar-refractivity contribution in [3.8, 4) is 0 Å². The highest BCUT2D eigenvalue weighted by Crippen LogP contribution is 2.28. The lowest BCUT2D eigenvalue weighted by atomic mass is 9.90. The SMILES string of the molecule is Cc1c(C(=O)OC(C)C(=O)N2CCC(Cc3ccccc3)CC2)sc2ncn(C)c(=O)c12. The van der Waals surface area contributed by atoms with E-state index in [0.29, 0.717) is 39.7 Å². The molecular formula is C24H27N3O4S. The van der Waals surface area contributed by atoms with E-state index in [1.165, 1.54) is 16.5 Å². The Bertz CT molecular complexity index is 1190. The van der Waals surface area contributed by atoms with Gasteiger partial charge in [-0.05, 0) is 50.2 Å². The quantitative estimate of drug-likeness (QED) is 0.554. The molecule has 3 aromatic rings. The molecule has 1 unspecified atom stereocenters. The van der Waals surface area contributed by atoms with Crippen molar-refractivity contribution < 1.29 is 14.3 Å². The first-order valence-corrected chi connectivity index (χ1v) is 11.6. The Morgan fingerprint density at radius 3 is 2.59 bits per heavy atom. The Morgan fingerprint density at radius 2 is 1.91 bits per heavy atom. The average Bonchev–Trinajstić information content (AvgIpc) is 3.14.